The van der Waals surface area contributed by atoms with Gasteiger partial charge in [-0.3, -0.25) is 0 Å². The third-order valence-electron chi connectivity index (χ3n) is 2.67. The van der Waals surface area contributed by atoms with Crippen LogP contribution in [0.3, 0.4) is 0 Å². The van der Waals surface area contributed by atoms with Crippen LogP contribution in [0.4, 0.5) is 0 Å². The molecule has 1 fully saturated rings. The van der Waals surface area contributed by atoms with Gasteiger partial charge in [-0.15, -0.1) is 0 Å². The van der Waals surface area contributed by atoms with E-state index in [4.69, 9.17) is 4.74 Å². The average Bonchev–Trinajstić information content (AvgIpc) is 3.09. The molecular weight excluding hydrogens is 186 g/mol. The highest BCUT2D eigenvalue weighted by Crippen LogP contribution is 2.19. The van der Waals surface area contributed by atoms with E-state index in [2.05, 4.69) is 29.6 Å². The van der Waals surface area contributed by atoms with Crippen LogP contribution in [0.5, 0.6) is 0 Å². The molecule has 2 heteroatoms. The SMILES string of the molecule is CCOCc1ccc(CNC2CC2)cc1. The van der Waals surface area contributed by atoms with E-state index in [-0.39, 0.29) is 0 Å². The Morgan fingerprint density at radius 3 is 2.47 bits per heavy atom. The van der Waals surface area contributed by atoms with Crippen molar-refractivity contribution in [2.45, 2.75) is 39.0 Å². The van der Waals surface area contributed by atoms with Crippen LogP contribution in [0.2, 0.25) is 0 Å². The maximum atomic E-state index is 5.35. The minimum absolute atomic E-state index is 0.729. The second-order valence-electron chi connectivity index (χ2n) is 4.11. The van der Waals surface area contributed by atoms with Gasteiger partial charge < -0.3 is 10.1 Å². The molecule has 82 valence electrons. The molecule has 15 heavy (non-hydrogen) atoms. The van der Waals surface area contributed by atoms with Crippen molar-refractivity contribution in [2.24, 2.45) is 0 Å². The summed E-state index contributed by atoms with van der Waals surface area (Å²) in [6, 6.07) is 9.46. The first-order valence-corrected chi connectivity index (χ1v) is 5.77. The molecule has 0 aromatic heterocycles. The molecular formula is C13H19NO. The summed E-state index contributed by atoms with van der Waals surface area (Å²) in [5, 5.41) is 3.50. The van der Waals surface area contributed by atoms with Crippen molar-refractivity contribution in [3.8, 4) is 0 Å². The van der Waals surface area contributed by atoms with E-state index in [1.165, 1.54) is 24.0 Å². The molecule has 1 aromatic carbocycles. The first kappa shape index (κ1) is 10.7. The van der Waals surface area contributed by atoms with Crippen LogP contribution in [-0.4, -0.2) is 12.6 Å². The largest absolute Gasteiger partial charge is 0.377 e. The van der Waals surface area contributed by atoms with E-state index in [0.717, 1.165) is 25.8 Å². The molecule has 0 heterocycles. The maximum absolute atomic E-state index is 5.35. The van der Waals surface area contributed by atoms with Gasteiger partial charge in [0.15, 0.2) is 0 Å². The zero-order valence-corrected chi connectivity index (χ0v) is 9.33. The Kier molecular flexibility index (Phi) is 3.75. The zero-order valence-electron chi connectivity index (χ0n) is 9.33. The lowest BCUT2D eigenvalue weighted by molar-refractivity contribution is 0.134. The quantitative estimate of drug-likeness (QED) is 0.770. The summed E-state index contributed by atoms with van der Waals surface area (Å²) < 4.78 is 5.35. The molecule has 1 aliphatic carbocycles. The van der Waals surface area contributed by atoms with Gasteiger partial charge >= 0.3 is 0 Å². The monoisotopic (exact) mass is 205 g/mol. The van der Waals surface area contributed by atoms with Gasteiger partial charge in [0, 0.05) is 19.2 Å². The molecule has 0 spiro atoms. The third kappa shape index (κ3) is 3.65. The summed E-state index contributed by atoms with van der Waals surface area (Å²) in [7, 11) is 0. The van der Waals surface area contributed by atoms with Crippen molar-refractivity contribution >= 4 is 0 Å². The minimum atomic E-state index is 0.729. The van der Waals surface area contributed by atoms with Crippen LogP contribution in [0.15, 0.2) is 24.3 Å². The van der Waals surface area contributed by atoms with E-state index in [9.17, 15) is 0 Å². The molecule has 0 unspecified atom stereocenters. The van der Waals surface area contributed by atoms with E-state index in [0.29, 0.717) is 0 Å². The fraction of sp³-hybridized carbons (Fsp3) is 0.538. The van der Waals surface area contributed by atoms with E-state index in [1.54, 1.807) is 0 Å². The Hall–Kier alpha value is -0.860. The number of hydrogen-bond donors (Lipinski definition) is 1. The van der Waals surface area contributed by atoms with Crippen molar-refractivity contribution in [2.75, 3.05) is 6.61 Å². The molecule has 0 aliphatic heterocycles. The lowest BCUT2D eigenvalue weighted by Crippen LogP contribution is -2.15. The van der Waals surface area contributed by atoms with E-state index >= 15 is 0 Å². The van der Waals surface area contributed by atoms with Gasteiger partial charge in [0.2, 0.25) is 0 Å². The Morgan fingerprint density at radius 2 is 1.87 bits per heavy atom. The highest BCUT2D eigenvalue weighted by molar-refractivity contribution is 5.22. The second-order valence-corrected chi connectivity index (χ2v) is 4.11. The number of hydrogen-bond acceptors (Lipinski definition) is 2. The highest BCUT2D eigenvalue weighted by Gasteiger charge is 2.19. The van der Waals surface area contributed by atoms with Gasteiger partial charge in [-0.05, 0) is 30.9 Å². The first-order chi connectivity index (χ1) is 7.38. The summed E-state index contributed by atoms with van der Waals surface area (Å²) in [5.74, 6) is 0. The Balaban J connectivity index is 1.79. The smallest absolute Gasteiger partial charge is 0.0716 e. The topological polar surface area (TPSA) is 21.3 Å². The first-order valence-electron chi connectivity index (χ1n) is 5.77. The molecule has 0 saturated heterocycles. The van der Waals surface area contributed by atoms with Gasteiger partial charge in [-0.25, -0.2) is 0 Å². The van der Waals surface area contributed by atoms with Crippen LogP contribution in [-0.2, 0) is 17.9 Å². The fourth-order valence-electron chi connectivity index (χ4n) is 1.52. The van der Waals surface area contributed by atoms with Gasteiger partial charge in [-0.2, -0.15) is 0 Å². The molecule has 0 bridgehead atoms. The standard InChI is InChI=1S/C13H19NO/c1-2-15-10-12-5-3-11(4-6-12)9-14-13-7-8-13/h3-6,13-14H,2,7-10H2,1H3. The third-order valence-corrected chi connectivity index (χ3v) is 2.67. The van der Waals surface area contributed by atoms with Crippen LogP contribution < -0.4 is 5.32 Å². The predicted molar refractivity (Wildman–Crippen MR) is 61.6 cm³/mol. The van der Waals surface area contributed by atoms with Crippen molar-refractivity contribution in [1.82, 2.24) is 5.32 Å². The molecule has 1 aliphatic rings. The predicted octanol–water partition coefficient (Wildman–Crippen LogP) is 2.48. The zero-order chi connectivity index (χ0) is 10.5. The molecule has 1 aromatic rings. The van der Waals surface area contributed by atoms with Gasteiger partial charge in [0.25, 0.3) is 0 Å². The molecule has 0 atom stereocenters. The normalized spacial score (nSPS) is 15.5. The van der Waals surface area contributed by atoms with Gasteiger partial charge in [0.1, 0.15) is 0 Å². The second kappa shape index (κ2) is 5.29. The summed E-state index contributed by atoms with van der Waals surface area (Å²) in [5.41, 5.74) is 2.62. The summed E-state index contributed by atoms with van der Waals surface area (Å²) >= 11 is 0. The van der Waals surface area contributed by atoms with Crippen molar-refractivity contribution in [3.63, 3.8) is 0 Å². The Morgan fingerprint density at radius 1 is 1.20 bits per heavy atom. The number of nitrogens with one attached hydrogen (secondary N) is 1. The molecule has 2 rings (SSSR count). The van der Waals surface area contributed by atoms with Crippen LogP contribution in [0, 0.1) is 0 Å². The highest BCUT2D eigenvalue weighted by atomic mass is 16.5. The summed E-state index contributed by atoms with van der Waals surface area (Å²) in [6.07, 6.45) is 2.70. The molecule has 0 radical (unpaired) electrons. The lowest BCUT2D eigenvalue weighted by atomic mass is 10.1. The fourth-order valence-corrected chi connectivity index (χ4v) is 1.52. The van der Waals surface area contributed by atoms with Crippen molar-refractivity contribution < 1.29 is 4.74 Å². The lowest BCUT2D eigenvalue weighted by Gasteiger charge is -2.05. The van der Waals surface area contributed by atoms with Gasteiger partial charge in [0.05, 0.1) is 6.61 Å². The van der Waals surface area contributed by atoms with Crippen molar-refractivity contribution in [3.05, 3.63) is 35.4 Å². The number of benzene rings is 1. The summed E-state index contributed by atoms with van der Waals surface area (Å²) in [4.78, 5) is 0. The molecule has 1 saturated carbocycles. The number of rotatable bonds is 6. The van der Waals surface area contributed by atoms with Crippen molar-refractivity contribution in [1.29, 1.82) is 0 Å². The summed E-state index contributed by atoms with van der Waals surface area (Å²) in [6.45, 7) is 4.53. The van der Waals surface area contributed by atoms with Crippen LogP contribution in [0.1, 0.15) is 30.9 Å². The van der Waals surface area contributed by atoms with E-state index < -0.39 is 0 Å². The van der Waals surface area contributed by atoms with Gasteiger partial charge in [-0.1, -0.05) is 24.3 Å². The minimum Gasteiger partial charge on any atom is -0.377 e. The molecule has 0 amide bonds. The molecule has 2 nitrogen and oxygen atoms in total. The average molecular weight is 205 g/mol. The van der Waals surface area contributed by atoms with Crippen LogP contribution >= 0.6 is 0 Å². The van der Waals surface area contributed by atoms with E-state index in [1.807, 2.05) is 6.92 Å². The Labute approximate surface area is 91.6 Å². The Bertz CT molecular complexity index is 290. The molecule has 1 N–H and O–H groups in total. The maximum Gasteiger partial charge on any atom is 0.0716 e. The number of ether oxygens (including phenoxy) is 1. The van der Waals surface area contributed by atoms with Crippen LogP contribution in [0.25, 0.3) is 0 Å².